The van der Waals surface area contributed by atoms with E-state index in [1.165, 1.54) is 61.2 Å². The number of halogens is 4. The van der Waals surface area contributed by atoms with E-state index in [1.54, 1.807) is 22.4 Å². The third kappa shape index (κ3) is 18.5. The molecule has 572 valence electrons. The first-order valence-electron chi connectivity index (χ1n) is 38.2. The molecular weight excluding hydrogens is 1800 g/mol. The second-order valence-electron chi connectivity index (χ2n) is 27.8. The predicted octanol–water partition coefficient (Wildman–Crippen LogP) is 29.0. The van der Waals surface area contributed by atoms with Gasteiger partial charge in [0.05, 0.1) is 34.1 Å². The number of hydrogen-bond donors (Lipinski definition) is 0. The summed E-state index contributed by atoms with van der Waals surface area (Å²) in [6, 6.07) is 145. The summed E-state index contributed by atoms with van der Waals surface area (Å²) in [6.45, 7) is 2.08. The van der Waals surface area contributed by atoms with Crippen molar-refractivity contribution in [2.45, 2.75) is 20.8 Å². The molecule has 0 unspecified atom stereocenters. The molecule has 17 aromatic carbocycles. The molecule has 0 aliphatic carbocycles. The largest absolute Gasteiger partial charge is 0.456 e. The zero-order chi connectivity index (χ0) is 79.8. The standard InChI is InChI=1S/C48H32N2O2.C25H20.C24H14ClNO2.C7H8.CH4.BI2.BI/c1-3-11-33(12-4-1)35-19-23-37(24-20-35)49(38-25-21-36(22-26-38)34-13-5-2-6-14-34)39-28-30-44-48(32-39)52-46-18-10-8-16-43(46)50(44)40-27-29-42-41-15-7-9-17-45(41)51-47(42)31-40;1-3-7-22(8-4-1)24-15-11-20(12-16-24)19-21-13-17-25(18-14-21)23-9-5-2-6-10-23;25-15-9-12-20-24(13-15)28-22-8-4-2-6-19(22)26(20)16-10-11-18-17-5-1-3-7-21(17)27-23(18)14-16;1-7-5-3-2-4-6-7;;1-3-2;1-2/h1-32H;1-18H,19H2;1-14H;2-6H,1H3;1H4;;/q;;;;;-1;. The Bertz CT molecular complexity index is 6370. The molecule has 2 aliphatic rings. The number of para-hydroxylation sites is 6. The normalized spacial score (nSPS) is 11.3. The smallest absolute Gasteiger partial charge is 0.153 e. The first kappa shape index (κ1) is 81.1. The van der Waals surface area contributed by atoms with Crippen molar-refractivity contribution in [2.24, 2.45) is 0 Å². The summed E-state index contributed by atoms with van der Waals surface area (Å²) >= 11 is 10.1. The second-order valence-corrected chi connectivity index (χ2v) is 31.9. The first-order valence-corrected chi connectivity index (χ1v) is 47.4. The number of furan rings is 2. The monoisotopic (exact) mass is 1880 g/mol. The Morgan fingerprint density at radius 1 is 0.305 bits per heavy atom. The fraction of sp³-hybridized carbons (Fsp3) is 0.0286. The van der Waals surface area contributed by atoms with Crippen molar-refractivity contribution in [3.05, 3.63) is 440 Å². The topological polar surface area (TPSA) is 54.5 Å². The van der Waals surface area contributed by atoms with Gasteiger partial charge in [-0.2, -0.15) is 22.4 Å². The maximum atomic E-state index is 6.69. The quantitative estimate of drug-likeness (QED) is 0.0945. The van der Waals surface area contributed by atoms with E-state index in [-0.39, 0.29) is 24.4 Å². The Labute approximate surface area is 730 Å². The van der Waals surface area contributed by atoms with Crippen molar-refractivity contribution >= 4 is 159 Å². The van der Waals surface area contributed by atoms with Gasteiger partial charge in [-0.15, -0.1) is 0 Å². The zero-order valence-electron chi connectivity index (χ0n) is 63.7. The molecule has 4 radical (unpaired) electrons. The molecule has 118 heavy (non-hydrogen) atoms. The van der Waals surface area contributed by atoms with Crippen molar-refractivity contribution in [1.82, 2.24) is 0 Å². The molecule has 0 bridgehead atoms. The maximum Gasteiger partial charge on any atom is 0.153 e. The fourth-order valence-corrected chi connectivity index (χ4v) is 15.0. The van der Waals surface area contributed by atoms with Crippen LogP contribution < -0.4 is 41.2 Å². The van der Waals surface area contributed by atoms with Gasteiger partial charge >= 0.3 is 41.3 Å². The van der Waals surface area contributed by atoms with E-state index in [2.05, 4.69) is 349 Å². The molecular formula is C105H78B2ClI3N3O4-. The Balaban J connectivity index is 0.000000139. The van der Waals surface area contributed by atoms with E-state index in [4.69, 9.17) is 35.6 Å². The van der Waals surface area contributed by atoms with Crippen LogP contribution in [0.1, 0.15) is 24.1 Å². The number of rotatable bonds is 11. The number of fused-ring (bicyclic) bond motifs is 10. The van der Waals surface area contributed by atoms with Gasteiger partial charge in [0.2, 0.25) is 0 Å². The van der Waals surface area contributed by atoms with Gasteiger partial charge in [0.15, 0.2) is 28.7 Å². The van der Waals surface area contributed by atoms with Gasteiger partial charge in [-0.05, 0) is 178 Å². The third-order valence-electron chi connectivity index (χ3n) is 20.4. The summed E-state index contributed by atoms with van der Waals surface area (Å²) < 4.78 is 25.2. The Kier molecular flexibility index (Phi) is 26.7. The number of nitrogens with zero attached hydrogens (tertiary/aromatic N) is 3. The van der Waals surface area contributed by atoms with E-state index in [1.807, 2.05) is 115 Å². The molecule has 7 nitrogen and oxygen atoms in total. The van der Waals surface area contributed by atoms with Gasteiger partial charge in [-0.1, -0.05) is 310 Å². The molecule has 2 aliphatic heterocycles. The number of anilines is 9. The van der Waals surface area contributed by atoms with Gasteiger partial charge < -0.3 is 33.0 Å². The summed E-state index contributed by atoms with van der Waals surface area (Å²) in [5, 5.41) is 5.09. The van der Waals surface area contributed by atoms with E-state index < -0.39 is 0 Å². The molecule has 0 amide bonds. The minimum absolute atomic E-state index is 0. The number of hydrogen-bond acceptors (Lipinski definition) is 7. The van der Waals surface area contributed by atoms with Crippen molar-refractivity contribution in [3.8, 4) is 67.5 Å². The molecule has 19 aromatic rings. The van der Waals surface area contributed by atoms with Crippen LogP contribution in [0.5, 0.6) is 23.0 Å². The van der Waals surface area contributed by atoms with E-state index in [0.717, 1.165) is 124 Å². The van der Waals surface area contributed by atoms with Crippen molar-refractivity contribution < 1.29 is 35.3 Å². The van der Waals surface area contributed by atoms with Crippen LogP contribution in [-0.2, 0) is 6.42 Å². The second kappa shape index (κ2) is 38.8. The van der Waals surface area contributed by atoms with Crippen molar-refractivity contribution in [1.29, 1.82) is 0 Å². The van der Waals surface area contributed by atoms with Crippen LogP contribution >= 0.6 is 52.6 Å². The Morgan fingerprint density at radius 3 is 1.00 bits per heavy atom. The molecule has 0 N–H and O–H groups in total. The summed E-state index contributed by atoms with van der Waals surface area (Å²) in [5.41, 5.74) is 35.6. The van der Waals surface area contributed by atoms with Crippen molar-refractivity contribution in [3.63, 3.8) is 0 Å². The van der Waals surface area contributed by atoms with Crippen LogP contribution in [0.2, 0.25) is 5.02 Å². The molecule has 13 heteroatoms. The Morgan fingerprint density at radius 2 is 0.610 bits per heavy atom. The summed E-state index contributed by atoms with van der Waals surface area (Å²) in [4.78, 5) is 6.73. The third-order valence-corrected chi connectivity index (χ3v) is 20.7. The SMILES string of the molecule is C.Cc1ccccc1.Clc1ccc2c(c1)Oc1ccccc1N2c1ccc2c(c1)oc1ccccc12.[B]I.[B][I-]I.c1ccc(-c2ccc(Cc3ccc(-c4ccccc4)cc3)cc2)cc1.c1ccc(-c2ccc(N(c3ccc(-c4ccccc4)cc3)c3ccc4c(c3)Oc3ccccc3N4c3ccc4c(c3)oc3ccccc34)cc2)cc1. The molecule has 0 spiro atoms. The molecule has 2 aromatic heterocycles. The molecule has 4 heterocycles. The first-order chi connectivity index (χ1) is 57.7. The van der Waals surface area contributed by atoms with Gasteiger partial charge in [0.1, 0.15) is 22.3 Å². The van der Waals surface area contributed by atoms with E-state index in [0.29, 0.717) is 5.02 Å². The van der Waals surface area contributed by atoms with Crippen LogP contribution in [0.15, 0.2) is 427 Å². The average Bonchev–Trinajstić information content (AvgIpc) is 1.05. The van der Waals surface area contributed by atoms with Gasteiger partial charge in [-0.25, -0.2) is 0 Å². The molecule has 0 atom stereocenters. The molecule has 0 fully saturated rings. The molecule has 0 saturated heterocycles. The van der Waals surface area contributed by atoms with Crippen LogP contribution in [0.3, 0.4) is 0 Å². The van der Waals surface area contributed by atoms with Gasteiger partial charge in [0, 0.05) is 67.9 Å². The minimum Gasteiger partial charge on any atom is -0.456 e. The summed E-state index contributed by atoms with van der Waals surface area (Å²) in [5.74, 6) is 3.09. The van der Waals surface area contributed by atoms with Crippen LogP contribution in [0, 0.1) is 6.92 Å². The average molecular weight is 1880 g/mol. The maximum absolute atomic E-state index is 6.69. The fourth-order valence-electron chi connectivity index (χ4n) is 14.9. The zero-order valence-corrected chi connectivity index (χ0v) is 70.9. The van der Waals surface area contributed by atoms with Gasteiger partial charge in [-0.3, -0.25) is 0 Å². The van der Waals surface area contributed by atoms with Crippen molar-refractivity contribution in [2.75, 3.05) is 14.7 Å². The molecule has 0 saturated carbocycles. The molecule has 21 rings (SSSR count). The van der Waals surface area contributed by atoms with Gasteiger partial charge in [0.25, 0.3) is 0 Å². The van der Waals surface area contributed by atoms with Crippen LogP contribution in [0.4, 0.5) is 51.2 Å². The number of benzene rings is 17. The summed E-state index contributed by atoms with van der Waals surface area (Å²) in [7, 11) is 0. The predicted molar refractivity (Wildman–Crippen MR) is 512 cm³/mol. The Hall–Kier alpha value is -12.1. The number of aryl methyl sites for hydroxylation is 1. The van der Waals surface area contributed by atoms with E-state index >= 15 is 0 Å². The minimum atomic E-state index is 0. The van der Waals surface area contributed by atoms with Crippen LogP contribution in [0.25, 0.3) is 88.4 Å². The van der Waals surface area contributed by atoms with Crippen LogP contribution in [-0.4, -0.2) is 11.4 Å². The van der Waals surface area contributed by atoms with E-state index in [9.17, 15) is 0 Å². The number of ether oxygens (including phenoxy) is 2. The summed E-state index contributed by atoms with van der Waals surface area (Å²) in [6.07, 6.45) is 0.962.